The number of nitriles is 1. The maximum Gasteiger partial charge on any atom is 0.149 e. The molecule has 0 radical (unpaired) electrons. The summed E-state index contributed by atoms with van der Waals surface area (Å²) < 4.78 is 0. The van der Waals surface area contributed by atoms with Gasteiger partial charge in [-0.2, -0.15) is 5.26 Å². The van der Waals surface area contributed by atoms with E-state index in [1.54, 1.807) is 0 Å². The van der Waals surface area contributed by atoms with Crippen LogP contribution in [0.4, 0.5) is 11.5 Å². The summed E-state index contributed by atoms with van der Waals surface area (Å²) in [5, 5.41) is 11.9. The number of nitrogens with one attached hydrogen (secondary N) is 1. The predicted molar refractivity (Wildman–Crippen MR) is 79.6 cm³/mol. The third-order valence-corrected chi connectivity index (χ3v) is 1.93. The number of hydrogen-bond donors (Lipinski definition) is 2. The lowest BCUT2D eigenvalue weighted by atomic mass is 10.1. The molecule has 1 rings (SSSR count). The van der Waals surface area contributed by atoms with E-state index in [0.29, 0.717) is 17.1 Å². The van der Waals surface area contributed by atoms with Crippen LogP contribution in [0.1, 0.15) is 52.7 Å². The van der Waals surface area contributed by atoms with Gasteiger partial charge in [-0.15, -0.1) is 0 Å². The van der Waals surface area contributed by atoms with Crippen LogP contribution in [-0.4, -0.2) is 11.0 Å². The first-order chi connectivity index (χ1) is 8.56. The zero-order chi connectivity index (χ0) is 14.7. The summed E-state index contributed by atoms with van der Waals surface area (Å²) in [4.78, 5) is 4.09. The molecule has 4 heteroatoms. The van der Waals surface area contributed by atoms with Crippen molar-refractivity contribution in [3.05, 3.63) is 17.3 Å². The lowest BCUT2D eigenvalue weighted by molar-refractivity contribution is 0.889. The van der Waals surface area contributed by atoms with Crippen molar-refractivity contribution < 1.29 is 0 Å². The SMILES string of the molecule is CC.CC.Cc1c(C#N)cnc(NC(C)C)c1N. The third-order valence-electron chi connectivity index (χ3n) is 1.93. The molecule has 4 nitrogen and oxygen atoms in total. The Morgan fingerprint density at radius 1 is 1.28 bits per heavy atom. The van der Waals surface area contributed by atoms with E-state index in [4.69, 9.17) is 11.0 Å². The van der Waals surface area contributed by atoms with Gasteiger partial charge in [0.2, 0.25) is 0 Å². The summed E-state index contributed by atoms with van der Waals surface area (Å²) in [6.45, 7) is 13.8. The normalized spacial score (nSPS) is 8.39. The first-order valence-electron chi connectivity index (χ1n) is 6.48. The summed E-state index contributed by atoms with van der Waals surface area (Å²) in [5.41, 5.74) is 7.69. The van der Waals surface area contributed by atoms with Crippen LogP contribution in [0.15, 0.2) is 6.20 Å². The average molecular weight is 250 g/mol. The summed E-state index contributed by atoms with van der Waals surface area (Å²) >= 11 is 0. The monoisotopic (exact) mass is 250 g/mol. The highest BCUT2D eigenvalue weighted by Crippen LogP contribution is 2.22. The van der Waals surface area contributed by atoms with Gasteiger partial charge in [0.15, 0.2) is 0 Å². The van der Waals surface area contributed by atoms with Gasteiger partial charge in [0, 0.05) is 12.2 Å². The second-order valence-corrected chi connectivity index (χ2v) is 3.47. The second kappa shape index (κ2) is 10.4. The Bertz CT molecular complexity index is 378. The first-order valence-corrected chi connectivity index (χ1v) is 6.48. The fourth-order valence-corrected chi connectivity index (χ4v) is 1.12. The smallest absolute Gasteiger partial charge is 0.149 e. The molecule has 1 aromatic heterocycles. The Labute approximate surface area is 111 Å². The number of nitrogen functional groups attached to an aromatic ring is 1. The predicted octanol–water partition coefficient (Wildman–Crippen LogP) is 3.72. The van der Waals surface area contributed by atoms with Gasteiger partial charge in [0.25, 0.3) is 0 Å². The largest absolute Gasteiger partial charge is 0.395 e. The number of rotatable bonds is 2. The maximum atomic E-state index is 8.75. The number of nitrogens with zero attached hydrogens (tertiary/aromatic N) is 2. The van der Waals surface area contributed by atoms with Gasteiger partial charge in [-0.25, -0.2) is 4.98 Å². The van der Waals surface area contributed by atoms with Crippen molar-refractivity contribution in [3.63, 3.8) is 0 Å². The van der Waals surface area contributed by atoms with E-state index in [9.17, 15) is 0 Å². The van der Waals surface area contributed by atoms with Crippen LogP contribution in [0, 0.1) is 18.3 Å². The standard InChI is InChI=1S/C10H14N4.2C2H6/c1-6(2)14-10-9(12)7(3)8(4-11)5-13-10;2*1-2/h5-6H,12H2,1-3H3,(H,13,14);2*1-2H3. The molecule has 0 aliphatic rings. The third kappa shape index (κ3) is 5.53. The van der Waals surface area contributed by atoms with Gasteiger partial charge in [-0.1, -0.05) is 27.7 Å². The molecule has 0 spiro atoms. The molecule has 3 N–H and O–H groups in total. The molecule has 1 heterocycles. The molecule has 0 aliphatic heterocycles. The molecule has 0 unspecified atom stereocenters. The van der Waals surface area contributed by atoms with Crippen molar-refractivity contribution >= 4 is 11.5 Å². The highest BCUT2D eigenvalue weighted by atomic mass is 15.0. The molecular weight excluding hydrogens is 224 g/mol. The summed E-state index contributed by atoms with van der Waals surface area (Å²) in [6, 6.07) is 2.32. The fourth-order valence-electron chi connectivity index (χ4n) is 1.12. The zero-order valence-corrected chi connectivity index (χ0v) is 12.6. The Hall–Kier alpha value is -1.76. The summed E-state index contributed by atoms with van der Waals surface area (Å²) in [5.74, 6) is 0.650. The first kappa shape index (κ1) is 18.6. The van der Waals surface area contributed by atoms with Crippen LogP contribution in [0.25, 0.3) is 0 Å². The molecule has 0 aliphatic carbocycles. The van der Waals surface area contributed by atoms with E-state index in [1.807, 2.05) is 54.5 Å². The Kier molecular flexibility index (Phi) is 10.7. The van der Waals surface area contributed by atoms with E-state index < -0.39 is 0 Å². The molecular formula is C14H26N4. The number of anilines is 2. The molecule has 102 valence electrons. The molecule has 0 amide bonds. The van der Waals surface area contributed by atoms with Crippen LogP contribution >= 0.6 is 0 Å². The highest BCUT2D eigenvalue weighted by Gasteiger charge is 2.08. The summed E-state index contributed by atoms with van der Waals surface area (Å²) in [7, 11) is 0. The number of pyridine rings is 1. The second-order valence-electron chi connectivity index (χ2n) is 3.47. The van der Waals surface area contributed by atoms with Crippen LogP contribution in [0.2, 0.25) is 0 Å². The van der Waals surface area contributed by atoms with Crippen molar-refractivity contribution in [3.8, 4) is 6.07 Å². The molecule has 0 saturated carbocycles. The molecule has 18 heavy (non-hydrogen) atoms. The van der Waals surface area contributed by atoms with Gasteiger partial charge in [0.1, 0.15) is 11.9 Å². The molecule has 0 aromatic carbocycles. The number of aromatic nitrogens is 1. The van der Waals surface area contributed by atoms with Gasteiger partial charge >= 0.3 is 0 Å². The topological polar surface area (TPSA) is 74.7 Å². The van der Waals surface area contributed by atoms with Gasteiger partial charge in [-0.05, 0) is 26.3 Å². The van der Waals surface area contributed by atoms with Crippen molar-refractivity contribution in [1.29, 1.82) is 5.26 Å². The van der Waals surface area contributed by atoms with E-state index in [0.717, 1.165) is 5.56 Å². The highest BCUT2D eigenvalue weighted by molar-refractivity contribution is 5.68. The van der Waals surface area contributed by atoms with Crippen molar-refractivity contribution in [2.24, 2.45) is 0 Å². The van der Waals surface area contributed by atoms with Crippen LogP contribution < -0.4 is 11.1 Å². The average Bonchev–Trinajstić information content (AvgIpc) is 2.40. The maximum absolute atomic E-state index is 8.75. The van der Waals surface area contributed by atoms with E-state index >= 15 is 0 Å². The quantitative estimate of drug-likeness (QED) is 0.839. The minimum atomic E-state index is 0.275. The molecule has 0 saturated heterocycles. The van der Waals surface area contributed by atoms with E-state index in [1.165, 1.54) is 6.20 Å². The Balaban J connectivity index is 0. The van der Waals surface area contributed by atoms with E-state index in [2.05, 4.69) is 10.3 Å². The Morgan fingerprint density at radius 3 is 2.17 bits per heavy atom. The summed E-state index contributed by atoms with van der Waals surface area (Å²) in [6.07, 6.45) is 1.54. The lowest BCUT2D eigenvalue weighted by Crippen LogP contribution is -2.13. The van der Waals surface area contributed by atoms with Gasteiger partial charge in [-0.3, -0.25) is 0 Å². The molecule has 0 bridgehead atoms. The minimum absolute atomic E-state index is 0.275. The van der Waals surface area contributed by atoms with E-state index in [-0.39, 0.29) is 6.04 Å². The van der Waals surface area contributed by atoms with Crippen molar-refractivity contribution in [1.82, 2.24) is 4.98 Å². The fraction of sp³-hybridized carbons (Fsp3) is 0.571. The minimum Gasteiger partial charge on any atom is -0.395 e. The van der Waals surface area contributed by atoms with Crippen LogP contribution in [0.3, 0.4) is 0 Å². The van der Waals surface area contributed by atoms with Gasteiger partial charge < -0.3 is 11.1 Å². The molecule has 1 aromatic rings. The lowest BCUT2D eigenvalue weighted by Gasteiger charge is -2.13. The number of nitrogens with two attached hydrogens (primary N) is 1. The molecule has 0 atom stereocenters. The Morgan fingerprint density at radius 2 is 1.78 bits per heavy atom. The van der Waals surface area contributed by atoms with Crippen LogP contribution in [-0.2, 0) is 0 Å². The van der Waals surface area contributed by atoms with Crippen LogP contribution in [0.5, 0.6) is 0 Å². The van der Waals surface area contributed by atoms with Crippen molar-refractivity contribution in [2.45, 2.75) is 54.5 Å². The molecule has 0 fully saturated rings. The number of hydrogen-bond acceptors (Lipinski definition) is 4. The van der Waals surface area contributed by atoms with Gasteiger partial charge in [0.05, 0.1) is 11.3 Å². The van der Waals surface area contributed by atoms with Crippen molar-refractivity contribution in [2.75, 3.05) is 11.1 Å². The zero-order valence-electron chi connectivity index (χ0n) is 12.6.